The van der Waals surface area contributed by atoms with Crippen LogP contribution in [-0.2, 0) is 14.8 Å². The second kappa shape index (κ2) is 7.31. The first-order chi connectivity index (χ1) is 13.0. The Kier molecular flexibility index (Phi) is 4.86. The molecule has 0 radical (unpaired) electrons. The number of hydrogen-bond donors (Lipinski definition) is 1. The van der Waals surface area contributed by atoms with Gasteiger partial charge in [-0.2, -0.15) is 0 Å². The van der Waals surface area contributed by atoms with E-state index in [0.29, 0.717) is 18.0 Å². The second-order valence-electron chi connectivity index (χ2n) is 7.25. The van der Waals surface area contributed by atoms with Crippen LogP contribution in [0, 0.1) is 0 Å². The van der Waals surface area contributed by atoms with Gasteiger partial charge in [-0.05, 0) is 49.3 Å². The summed E-state index contributed by atoms with van der Waals surface area (Å²) in [5.41, 5.74) is 1.69. The maximum Gasteiger partial charge on any atom is 0.256 e. The van der Waals surface area contributed by atoms with Gasteiger partial charge in [-0.15, -0.1) is 4.40 Å². The van der Waals surface area contributed by atoms with Crippen LogP contribution in [-0.4, -0.2) is 43.4 Å². The van der Waals surface area contributed by atoms with Gasteiger partial charge in [-0.25, -0.2) is 8.42 Å². The number of sulfonamides is 1. The Hall–Kier alpha value is -2.41. The Bertz CT molecular complexity index is 911. The molecule has 27 heavy (non-hydrogen) atoms. The quantitative estimate of drug-likeness (QED) is 0.866. The number of nitrogens with zero attached hydrogens (tertiary/aromatic N) is 2. The molecule has 0 saturated heterocycles. The van der Waals surface area contributed by atoms with Gasteiger partial charge in [-0.1, -0.05) is 30.3 Å². The number of benzene rings is 1. The van der Waals surface area contributed by atoms with Crippen LogP contribution in [0.4, 0.5) is 0 Å². The van der Waals surface area contributed by atoms with Crippen molar-refractivity contribution in [2.24, 2.45) is 4.40 Å². The second-order valence-corrected chi connectivity index (χ2v) is 9.00. The third-order valence-electron chi connectivity index (χ3n) is 5.44. The van der Waals surface area contributed by atoms with Crippen LogP contribution in [0.5, 0.6) is 0 Å². The molecule has 1 aromatic carbocycles. The number of rotatable bonds is 3. The Morgan fingerprint density at radius 1 is 1.11 bits per heavy atom. The van der Waals surface area contributed by atoms with Crippen molar-refractivity contribution in [2.75, 3.05) is 12.3 Å². The smallest absolute Gasteiger partial charge is 0.256 e. The molecule has 6 nitrogen and oxygen atoms in total. The highest BCUT2D eigenvalue weighted by Gasteiger charge is 2.31. The van der Waals surface area contributed by atoms with Crippen LogP contribution in [0.15, 0.2) is 58.7 Å². The first-order valence-electron chi connectivity index (χ1n) is 9.36. The van der Waals surface area contributed by atoms with Crippen molar-refractivity contribution in [1.29, 1.82) is 0 Å². The van der Waals surface area contributed by atoms with Crippen LogP contribution in [0.2, 0.25) is 0 Å². The molecular formula is C20H23N3O3S. The van der Waals surface area contributed by atoms with E-state index in [4.69, 9.17) is 0 Å². The van der Waals surface area contributed by atoms with E-state index < -0.39 is 10.0 Å². The predicted molar refractivity (Wildman–Crippen MR) is 105 cm³/mol. The summed E-state index contributed by atoms with van der Waals surface area (Å²) in [4.78, 5) is 14.5. The molecular weight excluding hydrogens is 362 g/mol. The zero-order valence-corrected chi connectivity index (χ0v) is 15.9. The van der Waals surface area contributed by atoms with Gasteiger partial charge in [-0.3, -0.25) is 4.79 Å². The van der Waals surface area contributed by atoms with Gasteiger partial charge in [0, 0.05) is 18.8 Å². The third-order valence-corrected chi connectivity index (χ3v) is 6.59. The minimum absolute atomic E-state index is 0.0285. The van der Waals surface area contributed by atoms with Crippen LogP contribution in [0.1, 0.15) is 37.2 Å². The average molecular weight is 385 g/mol. The maximum atomic E-state index is 12.8. The molecule has 0 spiro atoms. The van der Waals surface area contributed by atoms with E-state index in [0.717, 1.165) is 25.7 Å². The van der Waals surface area contributed by atoms with Crippen molar-refractivity contribution in [2.45, 2.75) is 37.6 Å². The molecule has 2 aliphatic heterocycles. The molecule has 4 rings (SSSR count). The van der Waals surface area contributed by atoms with E-state index in [2.05, 4.69) is 34.0 Å². The topological polar surface area (TPSA) is 78.8 Å². The Labute approximate surface area is 159 Å². The Morgan fingerprint density at radius 2 is 1.85 bits per heavy atom. The SMILES string of the molecule is O=C(NC1CCC(c2ccccc2)CC1)C1=CC=CN2CCS(=O)(=O)N=C12. The zero-order chi connectivity index (χ0) is 18.9. The lowest BCUT2D eigenvalue weighted by atomic mass is 9.81. The molecule has 3 aliphatic rings. The summed E-state index contributed by atoms with van der Waals surface area (Å²) < 4.78 is 27.5. The summed E-state index contributed by atoms with van der Waals surface area (Å²) in [6.45, 7) is 0.324. The minimum Gasteiger partial charge on any atom is -0.349 e. The summed E-state index contributed by atoms with van der Waals surface area (Å²) in [5.74, 6) is 0.501. The summed E-state index contributed by atoms with van der Waals surface area (Å²) in [5, 5.41) is 3.08. The van der Waals surface area contributed by atoms with Gasteiger partial charge >= 0.3 is 0 Å². The third kappa shape index (κ3) is 3.98. The summed E-state index contributed by atoms with van der Waals surface area (Å²) in [7, 11) is -3.50. The first-order valence-corrected chi connectivity index (χ1v) is 11.0. The fourth-order valence-electron chi connectivity index (χ4n) is 3.95. The standard InChI is InChI=1S/C20H23N3O3S/c24-20(18-7-4-12-23-13-14-27(25,26)22-19(18)23)21-17-10-8-16(9-11-17)15-5-2-1-3-6-15/h1-7,12,16-17H,8-11,13-14H2,(H,21,24). The first kappa shape index (κ1) is 18.0. The van der Waals surface area contributed by atoms with E-state index in [1.807, 2.05) is 6.07 Å². The summed E-state index contributed by atoms with van der Waals surface area (Å²) >= 11 is 0. The molecule has 1 amide bonds. The maximum absolute atomic E-state index is 12.8. The van der Waals surface area contributed by atoms with Gasteiger partial charge in [0.25, 0.3) is 15.9 Å². The molecule has 0 atom stereocenters. The molecule has 1 aliphatic carbocycles. The lowest BCUT2D eigenvalue weighted by molar-refractivity contribution is -0.117. The lowest BCUT2D eigenvalue weighted by Gasteiger charge is -2.32. The molecule has 1 saturated carbocycles. The van der Waals surface area contributed by atoms with Gasteiger partial charge < -0.3 is 10.2 Å². The lowest BCUT2D eigenvalue weighted by Crippen LogP contribution is -2.45. The molecule has 0 aromatic heterocycles. The van der Waals surface area contributed by atoms with Crippen molar-refractivity contribution in [3.05, 3.63) is 59.8 Å². The highest BCUT2D eigenvalue weighted by molar-refractivity contribution is 7.90. The van der Waals surface area contributed by atoms with E-state index in [-0.39, 0.29) is 23.5 Å². The molecule has 1 aromatic rings. The van der Waals surface area contributed by atoms with Gasteiger partial charge in [0.2, 0.25) is 0 Å². The number of amides is 1. The molecule has 0 bridgehead atoms. The van der Waals surface area contributed by atoms with E-state index in [1.54, 1.807) is 23.3 Å². The molecule has 1 N–H and O–H groups in total. The van der Waals surface area contributed by atoms with Gasteiger partial charge in [0.1, 0.15) is 0 Å². The monoisotopic (exact) mass is 385 g/mol. The Morgan fingerprint density at radius 3 is 2.59 bits per heavy atom. The van der Waals surface area contributed by atoms with Crippen LogP contribution in [0.25, 0.3) is 0 Å². The van der Waals surface area contributed by atoms with Crippen LogP contribution >= 0.6 is 0 Å². The van der Waals surface area contributed by atoms with Crippen molar-refractivity contribution in [3.63, 3.8) is 0 Å². The average Bonchev–Trinajstić information content (AvgIpc) is 2.68. The fraction of sp³-hybridized carbons (Fsp3) is 0.400. The Balaban J connectivity index is 1.40. The largest absolute Gasteiger partial charge is 0.349 e. The highest BCUT2D eigenvalue weighted by atomic mass is 32.2. The number of carbonyl (C=O) groups excluding carboxylic acids is 1. The van der Waals surface area contributed by atoms with E-state index in [1.165, 1.54) is 5.56 Å². The fourth-order valence-corrected chi connectivity index (χ4v) is 4.94. The van der Waals surface area contributed by atoms with Gasteiger partial charge in [0.05, 0.1) is 11.3 Å². The molecule has 0 unspecified atom stereocenters. The summed E-state index contributed by atoms with van der Waals surface area (Å²) in [6, 6.07) is 10.6. The number of amidine groups is 1. The van der Waals surface area contributed by atoms with Crippen molar-refractivity contribution in [3.8, 4) is 0 Å². The zero-order valence-electron chi connectivity index (χ0n) is 15.0. The van der Waals surface area contributed by atoms with E-state index >= 15 is 0 Å². The minimum atomic E-state index is -3.50. The number of hydrogen-bond acceptors (Lipinski definition) is 4. The molecule has 7 heteroatoms. The van der Waals surface area contributed by atoms with Crippen molar-refractivity contribution in [1.82, 2.24) is 10.2 Å². The van der Waals surface area contributed by atoms with Crippen LogP contribution in [0.3, 0.4) is 0 Å². The predicted octanol–water partition coefficient (Wildman–Crippen LogP) is 2.33. The highest BCUT2D eigenvalue weighted by Crippen LogP contribution is 2.32. The van der Waals surface area contributed by atoms with Gasteiger partial charge in [0.15, 0.2) is 5.84 Å². The van der Waals surface area contributed by atoms with E-state index in [9.17, 15) is 13.2 Å². The molecule has 142 valence electrons. The summed E-state index contributed by atoms with van der Waals surface area (Å²) in [6.07, 6.45) is 9.07. The molecule has 1 fully saturated rings. The van der Waals surface area contributed by atoms with Crippen molar-refractivity contribution < 1.29 is 13.2 Å². The number of carbonyl (C=O) groups is 1. The van der Waals surface area contributed by atoms with Crippen molar-refractivity contribution >= 4 is 21.8 Å². The number of allylic oxidation sites excluding steroid dienone is 2. The normalized spacial score (nSPS) is 26.6. The van der Waals surface area contributed by atoms with Crippen LogP contribution < -0.4 is 5.32 Å². The molecule has 2 heterocycles. The number of nitrogens with one attached hydrogen (secondary N) is 1. The number of fused-ring (bicyclic) bond motifs is 1.